The Kier molecular flexibility index (Phi) is 5.23. The van der Waals surface area contributed by atoms with Crippen LogP contribution in [0.15, 0.2) is 30.3 Å². The molecular formula is C13H15F3N2O4. The third-order valence-corrected chi connectivity index (χ3v) is 2.95. The van der Waals surface area contributed by atoms with E-state index < -0.39 is 29.6 Å². The first-order chi connectivity index (χ1) is 10.2. The molecule has 0 saturated carbocycles. The van der Waals surface area contributed by atoms with Gasteiger partial charge in [-0.1, -0.05) is 30.3 Å². The minimum absolute atomic E-state index is 0.0146. The van der Waals surface area contributed by atoms with Crippen molar-refractivity contribution in [2.75, 3.05) is 13.7 Å². The molecule has 0 radical (unpaired) electrons. The van der Waals surface area contributed by atoms with Gasteiger partial charge in [-0.3, -0.25) is 10.2 Å². The fraction of sp³-hybridized carbons (Fsp3) is 0.385. The predicted molar refractivity (Wildman–Crippen MR) is 70.1 cm³/mol. The number of nitrogens with zero attached hydrogens (tertiary/aromatic N) is 1. The van der Waals surface area contributed by atoms with Gasteiger partial charge in [-0.15, -0.1) is 0 Å². The van der Waals surface area contributed by atoms with Crippen LogP contribution in [0.5, 0.6) is 0 Å². The summed E-state index contributed by atoms with van der Waals surface area (Å²) in [4.78, 5) is 22.7. The van der Waals surface area contributed by atoms with Crippen molar-refractivity contribution in [3.05, 3.63) is 35.9 Å². The van der Waals surface area contributed by atoms with Gasteiger partial charge in [0.25, 0.3) is 0 Å². The van der Waals surface area contributed by atoms with Gasteiger partial charge >= 0.3 is 18.4 Å². The van der Waals surface area contributed by atoms with E-state index in [4.69, 9.17) is 5.11 Å². The molecule has 2 N–H and O–H groups in total. The van der Waals surface area contributed by atoms with Crippen LogP contribution in [0.2, 0.25) is 0 Å². The van der Waals surface area contributed by atoms with Crippen LogP contribution in [0.1, 0.15) is 12.5 Å². The number of amides is 2. The van der Waals surface area contributed by atoms with Gasteiger partial charge < -0.3 is 9.84 Å². The SMILES string of the molecule is CCOC(=O)NC(c1ccccc1)(N(C)C(=O)O)C(F)(F)F. The van der Waals surface area contributed by atoms with Crippen molar-refractivity contribution in [2.24, 2.45) is 0 Å². The molecule has 0 aliphatic carbocycles. The van der Waals surface area contributed by atoms with Crippen LogP contribution < -0.4 is 5.32 Å². The lowest BCUT2D eigenvalue weighted by Gasteiger charge is -2.41. The third kappa shape index (κ3) is 3.23. The highest BCUT2D eigenvalue weighted by atomic mass is 19.4. The Morgan fingerprint density at radius 2 is 1.82 bits per heavy atom. The van der Waals surface area contributed by atoms with Gasteiger partial charge in [0.1, 0.15) is 0 Å². The molecule has 122 valence electrons. The Bertz CT molecular complexity index is 536. The standard InChI is InChI=1S/C13H15F3N2O4/c1-3-22-10(19)17-12(13(14,15)16,18(2)11(20)21)9-7-5-4-6-8-9/h4-8H,3H2,1-2H3,(H,17,19)(H,20,21). The largest absolute Gasteiger partial charge is 0.465 e. The molecule has 0 bridgehead atoms. The van der Waals surface area contributed by atoms with E-state index in [0.29, 0.717) is 0 Å². The summed E-state index contributed by atoms with van der Waals surface area (Å²) in [6.07, 6.45) is -8.36. The van der Waals surface area contributed by atoms with E-state index in [1.54, 1.807) is 5.32 Å². The number of carbonyl (C=O) groups excluding carboxylic acids is 1. The maximum Gasteiger partial charge on any atom is 0.435 e. The fourth-order valence-electron chi connectivity index (χ4n) is 1.91. The molecule has 6 nitrogen and oxygen atoms in total. The van der Waals surface area contributed by atoms with Crippen LogP contribution in [0.4, 0.5) is 22.8 Å². The second-order valence-corrected chi connectivity index (χ2v) is 4.26. The molecule has 1 unspecified atom stereocenters. The highest BCUT2D eigenvalue weighted by Gasteiger charge is 2.62. The molecule has 0 fully saturated rings. The van der Waals surface area contributed by atoms with E-state index in [2.05, 4.69) is 4.74 Å². The summed E-state index contributed by atoms with van der Waals surface area (Å²) < 4.78 is 45.6. The minimum atomic E-state index is -5.12. The summed E-state index contributed by atoms with van der Waals surface area (Å²) >= 11 is 0. The lowest BCUT2D eigenvalue weighted by atomic mass is 9.97. The molecule has 2 amide bonds. The van der Waals surface area contributed by atoms with Gasteiger partial charge in [0, 0.05) is 12.6 Å². The molecule has 1 aromatic carbocycles. The average Bonchev–Trinajstić information content (AvgIpc) is 2.43. The number of nitrogens with one attached hydrogen (secondary N) is 1. The maximum absolute atomic E-state index is 13.7. The van der Waals surface area contributed by atoms with Crippen LogP contribution in [0, 0.1) is 0 Å². The lowest BCUT2D eigenvalue weighted by molar-refractivity contribution is -0.236. The first-order valence-corrected chi connectivity index (χ1v) is 6.20. The summed E-state index contributed by atoms with van der Waals surface area (Å²) in [5, 5.41) is 10.6. The lowest BCUT2D eigenvalue weighted by Crippen LogP contribution is -2.66. The Labute approximate surface area is 124 Å². The topological polar surface area (TPSA) is 78.9 Å². The van der Waals surface area contributed by atoms with E-state index in [9.17, 15) is 22.8 Å². The molecule has 9 heteroatoms. The van der Waals surface area contributed by atoms with E-state index in [0.717, 1.165) is 19.2 Å². The fourth-order valence-corrected chi connectivity index (χ4v) is 1.91. The monoisotopic (exact) mass is 320 g/mol. The van der Waals surface area contributed by atoms with Crippen LogP contribution in [-0.4, -0.2) is 42.0 Å². The second kappa shape index (κ2) is 6.54. The van der Waals surface area contributed by atoms with E-state index in [1.807, 2.05) is 0 Å². The van der Waals surface area contributed by atoms with E-state index in [1.165, 1.54) is 25.1 Å². The van der Waals surface area contributed by atoms with Gasteiger partial charge in [-0.25, -0.2) is 9.59 Å². The molecule has 0 spiro atoms. The number of hydrogen-bond acceptors (Lipinski definition) is 3. The number of alkyl carbamates (subject to hydrolysis) is 1. The molecule has 1 atom stereocenters. The van der Waals surface area contributed by atoms with Crippen molar-refractivity contribution in [1.82, 2.24) is 10.2 Å². The summed E-state index contributed by atoms with van der Waals surface area (Å²) in [5.74, 6) is 0. The molecule has 0 aliphatic rings. The zero-order chi connectivity index (χ0) is 17.0. The van der Waals surface area contributed by atoms with Crippen molar-refractivity contribution < 1.29 is 32.6 Å². The van der Waals surface area contributed by atoms with Gasteiger partial charge in [-0.05, 0) is 6.92 Å². The van der Waals surface area contributed by atoms with E-state index in [-0.39, 0.29) is 11.5 Å². The number of ether oxygens (including phenoxy) is 1. The molecule has 1 rings (SSSR count). The molecular weight excluding hydrogens is 305 g/mol. The Morgan fingerprint density at radius 3 is 2.23 bits per heavy atom. The molecule has 0 saturated heterocycles. The third-order valence-electron chi connectivity index (χ3n) is 2.95. The summed E-state index contributed by atoms with van der Waals surface area (Å²) in [6.45, 7) is 1.25. The maximum atomic E-state index is 13.7. The number of halogens is 3. The molecule has 0 aromatic heterocycles. The highest BCUT2D eigenvalue weighted by Crippen LogP contribution is 2.41. The first-order valence-electron chi connectivity index (χ1n) is 6.20. The van der Waals surface area contributed by atoms with Crippen LogP contribution in [-0.2, 0) is 10.4 Å². The molecule has 0 heterocycles. The Morgan fingerprint density at radius 1 is 1.27 bits per heavy atom. The minimum Gasteiger partial charge on any atom is -0.465 e. The van der Waals surface area contributed by atoms with Crippen molar-refractivity contribution >= 4 is 12.2 Å². The van der Waals surface area contributed by atoms with Crippen LogP contribution >= 0.6 is 0 Å². The second-order valence-electron chi connectivity index (χ2n) is 4.26. The predicted octanol–water partition coefficient (Wildman–Crippen LogP) is 2.76. The smallest absolute Gasteiger partial charge is 0.435 e. The number of alkyl halides is 3. The number of carboxylic acid groups (broad SMARTS) is 1. The van der Waals surface area contributed by atoms with Gasteiger partial charge in [0.05, 0.1) is 6.61 Å². The number of hydrogen-bond donors (Lipinski definition) is 2. The summed E-state index contributed by atoms with van der Waals surface area (Å²) in [5.41, 5.74) is -3.72. The first kappa shape index (κ1) is 17.6. The Balaban J connectivity index is 3.51. The Hall–Kier alpha value is -2.45. The van der Waals surface area contributed by atoms with Gasteiger partial charge in [-0.2, -0.15) is 13.2 Å². The number of benzene rings is 1. The van der Waals surface area contributed by atoms with E-state index >= 15 is 0 Å². The number of rotatable bonds is 4. The molecule has 22 heavy (non-hydrogen) atoms. The zero-order valence-corrected chi connectivity index (χ0v) is 11.8. The quantitative estimate of drug-likeness (QED) is 0.836. The zero-order valence-electron chi connectivity index (χ0n) is 11.8. The van der Waals surface area contributed by atoms with Crippen LogP contribution in [0.25, 0.3) is 0 Å². The highest BCUT2D eigenvalue weighted by molar-refractivity contribution is 5.72. The normalized spacial score (nSPS) is 13.9. The van der Waals surface area contributed by atoms with Crippen molar-refractivity contribution in [3.8, 4) is 0 Å². The van der Waals surface area contributed by atoms with Crippen LogP contribution in [0.3, 0.4) is 0 Å². The van der Waals surface area contributed by atoms with Crippen molar-refractivity contribution in [1.29, 1.82) is 0 Å². The van der Waals surface area contributed by atoms with Crippen molar-refractivity contribution in [3.63, 3.8) is 0 Å². The van der Waals surface area contributed by atoms with Crippen molar-refractivity contribution in [2.45, 2.75) is 18.8 Å². The summed E-state index contributed by atoms with van der Waals surface area (Å²) in [6, 6.07) is 6.21. The molecule has 0 aliphatic heterocycles. The average molecular weight is 320 g/mol. The number of carbonyl (C=O) groups is 2. The van der Waals surface area contributed by atoms with Gasteiger partial charge in [0.2, 0.25) is 5.66 Å². The molecule has 1 aromatic rings. The summed E-state index contributed by atoms with van der Waals surface area (Å²) in [7, 11) is 0.717. The van der Waals surface area contributed by atoms with Gasteiger partial charge in [0.15, 0.2) is 0 Å².